The molecule has 0 saturated heterocycles. The van der Waals surface area contributed by atoms with E-state index in [2.05, 4.69) is 0 Å². The Morgan fingerprint density at radius 3 is 0.743 bits per heavy atom. The third kappa shape index (κ3) is 11.0. The van der Waals surface area contributed by atoms with Crippen LogP contribution in [0.25, 0.3) is 0 Å². The van der Waals surface area contributed by atoms with Gasteiger partial charge in [-0.25, -0.2) is 9.13 Å². The van der Waals surface area contributed by atoms with Crippen LogP contribution in [0.15, 0.2) is 121 Å². The maximum atomic E-state index is 11.6. The second-order valence-corrected chi connectivity index (χ2v) is 9.03. The van der Waals surface area contributed by atoms with Gasteiger partial charge in [0.1, 0.15) is 23.0 Å². The summed E-state index contributed by atoms with van der Waals surface area (Å²) in [6.45, 7) is 0. The van der Waals surface area contributed by atoms with Gasteiger partial charge in [-0.05, 0) is 48.5 Å². The SMILES string of the molecule is O=P([O-])(Oc1ccccc1)Oc1ccccc1.O=P([O-])(Oc1ccccc1)Oc1ccccc1.[Mg+2]. The Kier molecular flexibility index (Phi) is 11.3. The van der Waals surface area contributed by atoms with Gasteiger partial charge in [0.25, 0.3) is 0 Å². The van der Waals surface area contributed by atoms with Crippen LogP contribution >= 0.6 is 15.6 Å². The largest absolute Gasteiger partial charge is 2.00 e. The molecule has 0 fully saturated rings. The fraction of sp³-hybridized carbons (Fsp3) is 0. The van der Waals surface area contributed by atoms with E-state index in [-0.39, 0.29) is 46.1 Å². The number of benzene rings is 4. The Hall–Kier alpha value is -2.77. The van der Waals surface area contributed by atoms with Gasteiger partial charge in [-0.1, -0.05) is 72.8 Å². The van der Waals surface area contributed by atoms with E-state index in [1.807, 2.05) is 0 Å². The van der Waals surface area contributed by atoms with Crippen LogP contribution in [-0.4, -0.2) is 23.1 Å². The molecule has 176 valence electrons. The maximum absolute atomic E-state index is 11.6. The molecular weight excluding hydrogens is 503 g/mol. The van der Waals surface area contributed by atoms with E-state index in [4.69, 9.17) is 18.1 Å². The predicted octanol–water partition coefficient (Wildman–Crippen LogP) is 4.84. The minimum absolute atomic E-state index is 0. The average Bonchev–Trinajstić information content (AvgIpc) is 2.81. The monoisotopic (exact) mass is 522 g/mol. The molecule has 0 spiro atoms. The van der Waals surface area contributed by atoms with Crippen molar-refractivity contribution >= 4 is 38.7 Å². The molecule has 0 atom stereocenters. The molecule has 0 aliphatic carbocycles. The summed E-state index contributed by atoms with van der Waals surface area (Å²) in [6.07, 6.45) is 0. The van der Waals surface area contributed by atoms with Crippen molar-refractivity contribution in [1.82, 2.24) is 0 Å². The van der Waals surface area contributed by atoms with Crippen LogP contribution in [-0.2, 0) is 9.13 Å². The van der Waals surface area contributed by atoms with Crippen LogP contribution in [0.1, 0.15) is 0 Å². The van der Waals surface area contributed by atoms with Crippen molar-refractivity contribution in [2.75, 3.05) is 0 Å². The van der Waals surface area contributed by atoms with E-state index in [0.717, 1.165) is 0 Å². The van der Waals surface area contributed by atoms with Crippen molar-refractivity contribution in [3.8, 4) is 23.0 Å². The first kappa shape index (κ1) is 28.5. The zero-order valence-electron chi connectivity index (χ0n) is 18.4. The summed E-state index contributed by atoms with van der Waals surface area (Å²) in [5.74, 6) is 0.895. The summed E-state index contributed by atoms with van der Waals surface area (Å²) >= 11 is 0. The molecule has 4 rings (SSSR count). The van der Waals surface area contributed by atoms with E-state index in [9.17, 15) is 18.9 Å². The summed E-state index contributed by atoms with van der Waals surface area (Å²) in [5.41, 5.74) is 0. The molecule has 11 heteroatoms. The summed E-state index contributed by atoms with van der Waals surface area (Å²) in [6, 6.07) is 32.8. The van der Waals surface area contributed by atoms with Crippen molar-refractivity contribution in [2.45, 2.75) is 0 Å². The molecular formula is C24H20MgO8P2. The Morgan fingerprint density at radius 2 is 0.571 bits per heavy atom. The first-order valence-electron chi connectivity index (χ1n) is 9.92. The molecule has 35 heavy (non-hydrogen) atoms. The van der Waals surface area contributed by atoms with E-state index in [1.54, 1.807) is 121 Å². The Labute approximate surface area is 219 Å². The van der Waals surface area contributed by atoms with Gasteiger partial charge in [0.05, 0.1) is 0 Å². The number of rotatable bonds is 8. The van der Waals surface area contributed by atoms with E-state index in [1.165, 1.54) is 0 Å². The van der Waals surface area contributed by atoms with Crippen LogP contribution < -0.4 is 27.9 Å². The molecule has 0 aliphatic rings. The average molecular weight is 523 g/mol. The smallest absolute Gasteiger partial charge is 0.736 e. The van der Waals surface area contributed by atoms with Crippen molar-refractivity contribution < 1.29 is 37.0 Å². The summed E-state index contributed by atoms with van der Waals surface area (Å²) < 4.78 is 42.2. The van der Waals surface area contributed by atoms with Gasteiger partial charge in [0.2, 0.25) is 0 Å². The quantitative estimate of drug-likeness (QED) is 0.238. The van der Waals surface area contributed by atoms with Gasteiger partial charge in [0.15, 0.2) is 0 Å². The van der Waals surface area contributed by atoms with Crippen LogP contribution in [0.5, 0.6) is 23.0 Å². The maximum Gasteiger partial charge on any atom is 2.00 e. The van der Waals surface area contributed by atoms with Crippen LogP contribution in [0.3, 0.4) is 0 Å². The minimum atomic E-state index is -4.39. The van der Waals surface area contributed by atoms with Crippen molar-refractivity contribution in [3.05, 3.63) is 121 Å². The number of phosphoric ester groups is 2. The molecule has 0 bridgehead atoms. The fourth-order valence-corrected chi connectivity index (χ4v) is 4.07. The van der Waals surface area contributed by atoms with E-state index in [0.29, 0.717) is 0 Å². The molecule has 0 radical (unpaired) electrons. The van der Waals surface area contributed by atoms with E-state index >= 15 is 0 Å². The normalized spacial score (nSPS) is 10.6. The Bertz CT molecular complexity index is 1040. The second-order valence-electron chi connectivity index (χ2n) is 6.51. The first-order chi connectivity index (χ1) is 16.3. The van der Waals surface area contributed by atoms with Gasteiger partial charge < -0.3 is 27.9 Å². The number of hydrogen-bond acceptors (Lipinski definition) is 8. The first-order valence-corrected chi connectivity index (χ1v) is 12.8. The second kappa shape index (κ2) is 13.9. The summed E-state index contributed by atoms with van der Waals surface area (Å²) in [4.78, 5) is 23.1. The predicted molar refractivity (Wildman–Crippen MR) is 129 cm³/mol. The molecule has 4 aromatic rings. The van der Waals surface area contributed by atoms with Gasteiger partial charge >= 0.3 is 38.7 Å². The van der Waals surface area contributed by atoms with Gasteiger partial charge in [-0.15, -0.1) is 0 Å². The Morgan fingerprint density at radius 1 is 0.400 bits per heavy atom. The molecule has 0 heterocycles. The standard InChI is InChI=1S/2C12H11O4P.Mg/c2*13-17(14,15-11-7-3-1-4-8-11)16-12-9-5-2-6-10-12;/h2*1-10H,(H,13,14);/q;;+2/p-2. The fourth-order valence-electron chi connectivity index (χ4n) is 2.48. The third-order valence-corrected chi connectivity index (χ3v) is 5.58. The molecule has 4 aromatic carbocycles. The molecule has 0 aliphatic heterocycles. The molecule has 0 N–H and O–H groups in total. The zero-order valence-corrected chi connectivity index (χ0v) is 21.6. The zero-order chi connectivity index (χ0) is 24.3. The Balaban J connectivity index is 0.000000240. The number of phosphoric acid groups is 2. The van der Waals surface area contributed by atoms with Gasteiger partial charge in [-0.2, -0.15) is 0 Å². The third-order valence-electron chi connectivity index (χ3n) is 3.84. The summed E-state index contributed by atoms with van der Waals surface area (Å²) in [5, 5.41) is 0. The molecule has 0 saturated carbocycles. The van der Waals surface area contributed by atoms with Crippen molar-refractivity contribution in [2.24, 2.45) is 0 Å². The summed E-state index contributed by atoms with van der Waals surface area (Å²) in [7, 11) is -8.77. The molecule has 0 amide bonds. The van der Waals surface area contributed by atoms with Crippen LogP contribution in [0.4, 0.5) is 0 Å². The van der Waals surface area contributed by atoms with Gasteiger partial charge in [-0.3, -0.25) is 0 Å². The number of hydrogen-bond donors (Lipinski definition) is 0. The van der Waals surface area contributed by atoms with Crippen molar-refractivity contribution in [3.63, 3.8) is 0 Å². The van der Waals surface area contributed by atoms with Crippen molar-refractivity contribution in [1.29, 1.82) is 0 Å². The minimum Gasteiger partial charge on any atom is -0.736 e. The molecule has 0 unspecified atom stereocenters. The molecule has 8 nitrogen and oxygen atoms in total. The van der Waals surface area contributed by atoms with Gasteiger partial charge in [0, 0.05) is 0 Å². The van der Waals surface area contributed by atoms with E-state index < -0.39 is 15.6 Å². The molecule has 0 aromatic heterocycles. The van der Waals surface area contributed by atoms with Crippen LogP contribution in [0.2, 0.25) is 0 Å². The van der Waals surface area contributed by atoms with Crippen LogP contribution in [0, 0.1) is 0 Å². The number of para-hydroxylation sites is 4. The topological polar surface area (TPSA) is 117 Å².